The van der Waals surface area contributed by atoms with Crippen LogP contribution < -0.4 is 21.5 Å². The second kappa shape index (κ2) is 12.4. The molecule has 43 heavy (non-hydrogen) atoms. The first-order chi connectivity index (χ1) is 20.6. The summed E-state index contributed by atoms with van der Waals surface area (Å²) in [4.78, 5) is 30.7. The number of nitrogens with one attached hydrogen (secondary N) is 1. The number of carbonyl (C=O) groups is 2. The maximum atomic E-state index is 13.0. The lowest BCUT2D eigenvalue weighted by Crippen LogP contribution is -2.41. The van der Waals surface area contributed by atoms with Gasteiger partial charge in [-0.3, -0.25) is 9.59 Å². The summed E-state index contributed by atoms with van der Waals surface area (Å²) in [5.41, 5.74) is 15.1. The van der Waals surface area contributed by atoms with Crippen LogP contribution >= 0.6 is 0 Å². The molecule has 0 aliphatic heterocycles. The third-order valence-corrected chi connectivity index (χ3v) is 8.22. The maximum Gasteiger partial charge on any atom is 0.300 e. The fourth-order valence-corrected chi connectivity index (χ4v) is 5.76. The van der Waals surface area contributed by atoms with Crippen molar-refractivity contribution in [3.05, 3.63) is 60.4 Å². The van der Waals surface area contributed by atoms with Crippen LogP contribution in [0.4, 0.5) is 11.5 Å². The number of carboxylic acids is 1. The zero-order chi connectivity index (χ0) is 30.7. The molecule has 0 radical (unpaired) electrons. The highest BCUT2D eigenvalue weighted by atomic mass is 16.5. The summed E-state index contributed by atoms with van der Waals surface area (Å²) < 4.78 is 7.57. The van der Waals surface area contributed by atoms with E-state index < -0.39 is 11.6 Å². The second-order valence-corrected chi connectivity index (χ2v) is 11.2. The van der Waals surface area contributed by atoms with Gasteiger partial charge in [0.1, 0.15) is 23.6 Å². The number of aliphatic carboxylic acids is 1. The first kappa shape index (κ1) is 29.9. The number of carboxylic acid groups (broad SMARTS) is 1. The number of rotatable bonds is 7. The van der Waals surface area contributed by atoms with Gasteiger partial charge >= 0.3 is 0 Å². The molecular weight excluding hydrogens is 550 g/mol. The maximum absolute atomic E-state index is 13.0. The molecule has 2 aromatic heterocycles. The van der Waals surface area contributed by atoms with Crippen molar-refractivity contribution in [2.45, 2.75) is 56.6 Å². The number of amides is 1. The van der Waals surface area contributed by atoms with Crippen molar-refractivity contribution < 1.29 is 24.5 Å². The average Bonchev–Trinajstić information content (AvgIpc) is 3.72. The third kappa shape index (κ3) is 6.45. The molecule has 0 unspecified atom stereocenters. The van der Waals surface area contributed by atoms with E-state index in [1.54, 1.807) is 7.11 Å². The number of nitrogens with zero attached hydrogens (tertiary/aromatic N) is 4. The number of fused-ring (bicyclic) bond motifs is 1. The topological polar surface area (TPSA) is 192 Å². The molecule has 226 valence electrons. The summed E-state index contributed by atoms with van der Waals surface area (Å²) in [6, 6.07) is 15.8. The highest BCUT2D eigenvalue weighted by molar-refractivity contribution is 6.00. The van der Waals surface area contributed by atoms with Gasteiger partial charge in [0.2, 0.25) is 5.91 Å². The van der Waals surface area contributed by atoms with Gasteiger partial charge in [-0.1, -0.05) is 36.4 Å². The predicted octanol–water partition coefficient (Wildman–Crippen LogP) is 3.72. The van der Waals surface area contributed by atoms with Gasteiger partial charge < -0.3 is 31.7 Å². The van der Waals surface area contributed by atoms with E-state index in [0.29, 0.717) is 46.8 Å². The van der Waals surface area contributed by atoms with E-state index >= 15 is 0 Å². The summed E-state index contributed by atoms with van der Waals surface area (Å²) in [5.74, 6) is 0.210. The first-order valence-corrected chi connectivity index (χ1v) is 14.3. The number of benzene rings is 2. The van der Waals surface area contributed by atoms with Crippen molar-refractivity contribution in [1.29, 1.82) is 0 Å². The fourth-order valence-electron chi connectivity index (χ4n) is 5.76. The normalized spacial score (nSPS) is 22.7. The fraction of sp³-hybridized carbons (Fsp3) is 0.387. The lowest BCUT2D eigenvalue weighted by molar-refractivity contribution is -0.134. The number of aromatic nitrogens is 4. The molecule has 0 bridgehead atoms. The Morgan fingerprint density at radius 1 is 1.14 bits per heavy atom. The first-order valence-electron chi connectivity index (χ1n) is 14.3. The number of nitrogen functional groups attached to an aromatic ring is 1. The standard InChI is InChI=1S/C29H33N7O3.C2H4O2/c1-39-23-13-18(7-8-22(23)34-28(37)21-14-20(21)17-5-3-2-4-6-17)25-24-26(31)32-16-33-27(24)36(35-25)19-9-11-29(38,15-30)12-10-19;1-2(3)4/h2-8,13,16,19-21,38H,9-12,14-15,30H2,1H3,(H,34,37)(H2,31,32,33);1H3,(H,3,4)/t19?,20-,21+,29?;/m0./s1. The Balaban J connectivity index is 0.000000868. The molecule has 2 aliphatic carbocycles. The molecule has 2 saturated carbocycles. The molecule has 0 spiro atoms. The molecule has 2 heterocycles. The molecule has 6 rings (SSSR count). The Bertz CT molecular complexity index is 1610. The van der Waals surface area contributed by atoms with E-state index in [4.69, 9.17) is 31.2 Å². The van der Waals surface area contributed by atoms with E-state index in [-0.39, 0.29) is 30.3 Å². The number of aliphatic hydroxyl groups is 1. The summed E-state index contributed by atoms with van der Waals surface area (Å²) >= 11 is 0. The number of anilines is 2. The van der Waals surface area contributed by atoms with Gasteiger partial charge in [0.15, 0.2) is 5.65 Å². The minimum absolute atomic E-state index is 0.0167. The molecule has 4 aromatic rings. The number of carbonyl (C=O) groups excluding carboxylic acids is 1. The molecule has 0 saturated heterocycles. The molecule has 2 fully saturated rings. The molecule has 2 aromatic carbocycles. The largest absolute Gasteiger partial charge is 0.495 e. The summed E-state index contributed by atoms with van der Waals surface area (Å²) in [7, 11) is 1.58. The van der Waals surface area contributed by atoms with Crippen LogP contribution in [-0.4, -0.2) is 61.1 Å². The Kier molecular flexibility index (Phi) is 8.60. The Morgan fingerprint density at radius 2 is 1.84 bits per heavy atom. The Labute approximate surface area is 249 Å². The van der Waals surface area contributed by atoms with Crippen LogP contribution in [0.15, 0.2) is 54.9 Å². The van der Waals surface area contributed by atoms with Crippen LogP contribution in [0.5, 0.6) is 5.75 Å². The highest BCUT2D eigenvalue weighted by Gasteiger charge is 2.44. The van der Waals surface area contributed by atoms with Crippen LogP contribution in [0.25, 0.3) is 22.3 Å². The van der Waals surface area contributed by atoms with Gasteiger partial charge in [0.05, 0.1) is 29.8 Å². The van der Waals surface area contributed by atoms with E-state index in [0.717, 1.165) is 31.7 Å². The number of ether oxygens (including phenoxy) is 1. The van der Waals surface area contributed by atoms with Crippen molar-refractivity contribution in [2.75, 3.05) is 24.7 Å². The quantitative estimate of drug-likeness (QED) is 0.213. The van der Waals surface area contributed by atoms with Gasteiger partial charge in [-0.25, -0.2) is 14.6 Å². The summed E-state index contributed by atoms with van der Waals surface area (Å²) in [6.07, 6.45) is 4.93. The number of methoxy groups -OCH3 is 1. The van der Waals surface area contributed by atoms with Crippen molar-refractivity contribution in [1.82, 2.24) is 19.7 Å². The van der Waals surface area contributed by atoms with Crippen molar-refractivity contribution in [3.63, 3.8) is 0 Å². The van der Waals surface area contributed by atoms with Gasteiger partial charge in [-0.05, 0) is 55.7 Å². The highest BCUT2D eigenvalue weighted by Crippen LogP contribution is 2.48. The monoisotopic (exact) mass is 587 g/mol. The minimum atomic E-state index is -0.833. The van der Waals surface area contributed by atoms with Crippen molar-refractivity contribution in [2.24, 2.45) is 11.7 Å². The third-order valence-electron chi connectivity index (χ3n) is 8.22. The lowest BCUT2D eigenvalue weighted by Gasteiger charge is -2.35. The predicted molar refractivity (Wildman–Crippen MR) is 162 cm³/mol. The van der Waals surface area contributed by atoms with Gasteiger partial charge in [-0.15, -0.1) is 0 Å². The SMILES string of the molecule is CC(=O)O.COc1cc(-c2nn(C3CCC(O)(CN)CC3)c3ncnc(N)c23)ccc1NC(=O)[C@@H]1C[C@H]1c1ccccc1. The lowest BCUT2D eigenvalue weighted by atomic mass is 9.82. The van der Waals surface area contributed by atoms with Crippen LogP contribution in [0, 0.1) is 5.92 Å². The van der Waals surface area contributed by atoms with E-state index in [2.05, 4.69) is 27.4 Å². The van der Waals surface area contributed by atoms with Crippen LogP contribution in [0.1, 0.15) is 56.6 Å². The van der Waals surface area contributed by atoms with Gasteiger partial charge in [-0.2, -0.15) is 5.10 Å². The molecule has 12 nitrogen and oxygen atoms in total. The smallest absolute Gasteiger partial charge is 0.300 e. The molecule has 2 atom stereocenters. The molecule has 1 amide bonds. The van der Waals surface area contributed by atoms with Crippen LogP contribution in [-0.2, 0) is 9.59 Å². The Morgan fingerprint density at radius 3 is 2.49 bits per heavy atom. The van der Waals surface area contributed by atoms with Gasteiger partial charge in [0, 0.05) is 24.9 Å². The van der Waals surface area contributed by atoms with Crippen LogP contribution in [0.2, 0.25) is 0 Å². The Hall–Kier alpha value is -4.55. The zero-order valence-corrected chi connectivity index (χ0v) is 24.2. The molecule has 2 aliphatic rings. The zero-order valence-electron chi connectivity index (χ0n) is 24.2. The van der Waals surface area contributed by atoms with Crippen LogP contribution in [0.3, 0.4) is 0 Å². The minimum Gasteiger partial charge on any atom is -0.495 e. The average molecular weight is 588 g/mol. The van der Waals surface area contributed by atoms with Crippen molar-refractivity contribution in [3.8, 4) is 17.0 Å². The molecule has 7 N–H and O–H groups in total. The van der Waals surface area contributed by atoms with Crippen molar-refractivity contribution >= 4 is 34.4 Å². The van der Waals surface area contributed by atoms with E-state index in [1.807, 2.05) is 41.1 Å². The molecular formula is C31H37N7O5. The second-order valence-electron chi connectivity index (χ2n) is 11.2. The van der Waals surface area contributed by atoms with E-state index in [9.17, 15) is 9.90 Å². The number of nitrogens with two attached hydrogens (primary N) is 2. The summed E-state index contributed by atoms with van der Waals surface area (Å²) in [6.45, 7) is 1.33. The number of hydrogen-bond acceptors (Lipinski definition) is 9. The summed E-state index contributed by atoms with van der Waals surface area (Å²) in [5, 5.41) is 26.7. The molecule has 12 heteroatoms. The van der Waals surface area contributed by atoms with E-state index in [1.165, 1.54) is 11.9 Å². The van der Waals surface area contributed by atoms with Gasteiger partial charge in [0.25, 0.3) is 5.97 Å². The number of hydrogen-bond donors (Lipinski definition) is 5.